The van der Waals surface area contributed by atoms with Crippen molar-refractivity contribution in [3.63, 3.8) is 0 Å². The number of amides is 4. The number of piperidine rings is 1. The number of urea groups is 1. The fourth-order valence-corrected chi connectivity index (χ4v) is 3.35. The fourth-order valence-electron chi connectivity index (χ4n) is 3.22. The monoisotopic (exact) mass is 428 g/mol. The fraction of sp³-hybridized carbons (Fsp3) is 0.318. The van der Waals surface area contributed by atoms with Crippen LogP contribution in [0.3, 0.4) is 0 Å². The first-order valence-corrected chi connectivity index (χ1v) is 10.3. The molecule has 1 aliphatic heterocycles. The molecule has 2 aromatic rings. The zero-order valence-corrected chi connectivity index (χ0v) is 17.5. The van der Waals surface area contributed by atoms with E-state index in [9.17, 15) is 14.4 Å². The molecule has 0 radical (unpaired) electrons. The number of hydrogen-bond acceptors (Lipinski definition) is 3. The molecular formula is C22H25ClN4O3. The van der Waals surface area contributed by atoms with E-state index < -0.39 is 6.04 Å². The highest BCUT2D eigenvalue weighted by Crippen LogP contribution is 2.14. The molecule has 1 unspecified atom stereocenters. The van der Waals surface area contributed by atoms with Gasteiger partial charge in [-0.3, -0.25) is 9.59 Å². The number of anilines is 1. The molecule has 1 saturated heterocycles. The maximum atomic E-state index is 12.4. The highest BCUT2D eigenvalue weighted by molar-refractivity contribution is 6.30. The molecule has 0 aliphatic carbocycles. The lowest BCUT2D eigenvalue weighted by Gasteiger charge is -2.33. The minimum atomic E-state index is -0.674. The maximum Gasteiger partial charge on any atom is 0.321 e. The van der Waals surface area contributed by atoms with Crippen molar-refractivity contribution in [2.75, 3.05) is 18.4 Å². The lowest BCUT2D eigenvalue weighted by atomic mass is 10.0. The second kappa shape index (κ2) is 10.1. The third-order valence-electron chi connectivity index (χ3n) is 5.00. The standard InChI is InChI=1S/C22H25ClN4O3/c1-15(24-21(29)16-7-9-17(23)10-8-16)20(28)25-19-11-13-27(14-12-19)22(30)26-18-5-3-2-4-6-18/h2-10,15,19H,11-14H2,1H3,(H,24,29)(H,25,28)(H,26,30). The maximum absolute atomic E-state index is 12.4. The Morgan fingerprint density at radius 2 is 1.63 bits per heavy atom. The van der Waals surface area contributed by atoms with Gasteiger partial charge in [0.25, 0.3) is 5.91 Å². The van der Waals surface area contributed by atoms with Crippen molar-refractivity contribution in [1.82, 2.24) is 15.5 Å². The van der Waals surface area contributed by atoms with E-state index in [-0.39, 0.29) is 23.9 Å². The second-order valence-corrected chi connectivity index (χ2v) is 7.70. The van der Waals surface area contributed by atoms with Crippen LogP contribution in [0.25, 0.3) is 0 Å². The third-order valence-corrected chi connectivity index (χ3v) is 5.25. The lowest BCUT2D eigenvalue weighted by molar-refractivity contribution is -0.123. The summed E-state index contributed by atoms with van der Waals surface area (Å²) in [5, 5.41) is 9.06. The number of likely N-dealkylation sites (tertiary alicyclic amines) is 1. The predicted octanol–water partition coefficient (Wildman–Crippen LogP) is 3.27. The van der Waals surface area contributed by atoms with E-state index in [2.05, 4.69) is 16.0 Å². The Labute approximate surface area is 180 Å². The van der Waals surface area contributed by atoms with Gasteiger partial charge in [-0.15, -0.1) is 0 Å². The topological polar surface area (TPSA) is 90.5 Å². The van der Waals surface area contributed by atoms with Gasteiger partial charge in [0.2, 0.25) is 5.91 Å². The van der Waals surface area contributed by atoms with E-state index in [1.54, 1.807) is 36.1 Å². The average molecular weight is 429 g/mol. The summed E-state index contributed by atoms with van der Waals surface area (Å²) >= 11 is 5.83. The molecule has 1 aliphatic rings. The highest BCUT2D eigenvalue weighted by Gasteiger charge is 2.26. The van der Waals surface area contributed by atoms with Crippen LogP contribution in [0.15, 0.2) is 54.6 Å². The van der Waals surface area contributed by atoms with E-state index in [4.69, 9.17) is 11.6 Å². The zero-order chi connectivity index (χ0) is 21.5. The Hall–Kier alpha value is -3.06. The van der Waals surface area contributed by atoms with E-state index in [1.807, 2.05) is 30.3 Å². The van der Waals surface area contributed by atoms with E-state index >= 15 is 0 Å². The molecule has 3 N–H and O–H groups in total. The molecule has 0 bridgehead atoms. The number of halogens is 1. The summed E-state index contributed by atoms with van der Waals surface area (Å²) in [6.07, 6.45) is 1.32. The van der Waals surface area contributed by atoms with Crippen molar-refractivity contribution in [2.24, 2.45) is 0 Å². The number of benzene rings is 2. The molecule has 8 heteroatoms. The van der Waals surface area contributed by atoms with E-state index in [1.165, 1.54) is 0 Å². The number of rotatable bonds is 5. The van der Waals surface area contributed by atoms with Crippen molar-refractivity contribution < 1.29 is 14.4 Å². The average Bonchev–Trinajstić information content (AvgIpc) is 2.75. The number of carbonyl (C=O) groups is 3. The molecule has 4 amide bonds. The molecule has 7 nitrogen and oxygen atoms in total. The van der Waals surface area contributed by atoms with Crippen molar-refractivity contribution in [3.05, 3.63) is 65.2 Å². The van der Waals surface area contributed by atoms with Gasteiger partial charge < -0.3 is 20.9 Å². The van der Waals surface area contributed by atoms with Crippen molar-refractivity contribution in [1.29, 1.82) is 0 Å². The minimum Gasteiger partial charge on any atom is -0.351 e. The largest absolute Gasteiger partial charge is 0.351 e. The normalized spacial score (nSPS) is 15.2. The SMILES string of the molecule is CC(NC(=O)c1ccc(Cl)cc1)C(=O)NC1CCN(C(=O)Nc2ccccc2)CC1. The van der Waals surface area contributed by atoms with Gasteiger partial charge in [0.05, 0.1) is 0 Å². The van der Waals surface area contributed by atoms with Crippen LogP contribution in [0.2, 0.25) is 5.02 Å². The molecule has 1 heterocycles. The molecular weight excluding hydrogens is 404 g/mol. The molecule has 1 fully saturated rings. The van der Waals surface area contributed by atoms with Gasteiger partial charge in [0.1, 0.15) is 6.04 Å². The minimum absolute atomic E-state index is 0.0341. The molecule has 1 atom stereocenters. The van der Waals surface area contributed by atoms with Gasteiger partial charge in [-0.1, -0.05) is 29.8 Å². The van der Waals surface area contributed by atoms with Crippen LogP contribution in [0.1, 0.15) is 30.1 Å². The summed E-state index contributed by atoms with van der Waals surface area (Å²) in [5.41, 5.74) is 1.19. The quantitative estimate of drug-likeness (QED) is 0.682. The summed E-state index contributed by atoms with van der Waals surface area (Å²) < 4.78 is 0. The Morgan fingerprint density at radius 1 is 1.00 bits per heavy atom. The molecule has 3 rings (SSSR count). The van der Waals surface area contributed by atoms with E-state index in [0.29, 0.717) is 36.5 Å². The molecule has 2 aromatic carbocycles. The van der Waals surface area contributed by atoms with Gasteiger partial charge in [0.15, 0.2) is 0 Å². The summed E-state index contributed by atoms with van der Waals surface area (Å²) in [6, 6.07) is 14.9. The molecule has 0 spiro atoms. The third kappa shape index (κ3) is 5.97. The van der Waals surface area contributed by atoms with Crippen LogP contribution in [0.4, 0.5) is 10.5 Å². The number of carbonyl (C=O) groups excluding carboxylic acids is 3. The highest BCUT2D eigenvalue weighted by atomic mass is 35.5. The van der Waals surface area contributed by atoms with Crippen molar-refractivity contribution in [2.45, 2.75) is 31.8 Å². The summed E-state index contributed by atoms with van der Waals surface area (Å²) in [4.78, 5) is 38.8. The predicted molar refractivity (Wildman–Crippen MR) is 117 cm³/mol. The first-order valence-electron chi connectivity index (χ1n) is 9.90. The van der Waals surface area contributed by atoms with Crippen LogP contribution < -0.4 is 16.0 Å². The first-order chi connectivity index (χ1) is 14.4. The second-order valence-electron chi connectivity index (χ2n) is 7.27. The van der Waals surface area contributed by atoms with Crippen LogP contribution in [-0.4, -0.2) is 47.9 Å². The van der Waals surface area contributed by atoms with E-state index in [0.717, 1.165) is 5.69 Å². The Balaban J connectivity index is 1.42. The smallest absolute Gasteiger partial charge is 0.321 e. The number of nitrogens with zero attached hydrogens (tertiary/aromatic N) is 1. The van der Waals surface area contributed by atoms with Gasteiger partial charge in [0, 0.05) is 35.4 Å². The zero-order valence-electron chi connectivity index (χ0n) is 16.7. The van der Waals surface area contributed by atoms with Gasteiger partial charge in [-0.2, -0.15) is 0 Å². The number of hydrogen-bond donors (Lipinski definition) is 3. The van der Waals surface area contributed by atoms with Crippen LogP contribution >= 0.6 is 11.6 Å². The van der Waals surface area contributed by atoms with Crippen LogP contribution in [0, 0.1) is 0 Å². The summed E-state index contributed by atoms with van der Waals surface area (Å²) in [7, 11) is 0. The van der Waals surface area contributed by atoms with Crippen molar-refractivity contribution in [3.8, 4) is 0 Å². The van der Waals surface area contributed by atoms with Gasteiger partial charge >= 0.3 is 6.03 Å². The van der Waals surface area contributed by atoms with Crippen LogP contribution in [-0.2, 0) is 4.79 Å². The van der Waals surface area contributed by atoms with Gasteiger partial charge in [-0.25, -0.2) is 4.79 Å². The lowest BCUT2D eigenvalue weighted by Crippen LogP contribution is -2.52. The number of nitrogens with one attached hydrogen (secondary N) is 3. The van der Waals surface area contributed by atoms with Gasteiger partial charge in [-0.05, 0) is 56.2 Å². The number of para-hydroxylation sites is 1. The molecule has 158 valence electrons. The van der Waals surface area contributed by atoms with Crippen LogP contribution in [0.5, 0.6) is 0 Å². The first kappa shape index (κ1) is 21.6. The summed E-state index contributed by atoms with van der Waals surface area (Å²) in [6.45, 7) is 2.75. The Bertz CT molecular complexity index is 881. The Morgan fingerprint density at radius 3 is 2.27 bits per heavy atom. The molecule has 0 saturated carbocycles. The Kier molecular flexibility index (Phi) is 7.30. The molecule has 30 heavy (non-hydrogen) atoms. The molecule has 0 aromatic heterocycles. The van der Waals surface area contributed by atoms with Crippen molar-refractivity contribution >= 4 is 35.1 Å². The summed E-state index contributed by atoms with van der Waals surface area (Å²) in [5.74, 6) is -0.578.